The van der Waals surface area contributed by atoms with E-state index in [0.717, 1.165) is 0 Å². The maximum atomic E-state index is 6.13. The van der Waals surface area contributed by atoms with Gasteiger partial charge in [-0.3, -0.25) is 0 Å². The first-order valence-electron chi connectivity index (χ1n) is 4.87. The summed E-state index contributed by atoms with van der Waals surface area (Å²) in [6, 6.07) is 4.95. The Morgan fingerprint density at radius 3 is 2.22 bits per heavy atom. The van der Waals surface area contributed by atoms with E-state index in [4.69, 9.17) is 51.1 Å². The van der Waals surface area contributed by atoms with Crippen LogP contribution in [-0.2, 0) is 0 Å². The van der Waals surface area contributed by atoms with Crippen molar-refractivity contribution in [1.29, 1.82) is 0 Å². The molecule has 0 unspecified atom stereocenters. The Labute approximate surface area is 124 Å². The van der Waals surface area contributed by atoms with E-state index in [9.17, 15) is 0 Å². The summed E-state index contributed by atoms with van der Waals surface area (Å²) in [5.74, 6) is 0.580. The summed E-state index contributed by atoms with van der Waals surface area (Å²) in [5.41, 5.74) is 1.29. The van der Waals surface area contributed by atoms with Gasteiger partial charge in [0.15, 0.2) is 0 Å². The SMILES string of the molecule is COc1cnc(Cl)c(-c2cc(Cl)c(Cl)cc2Cl)c1. The smallest absolute Gasteiger partial charge is 0.137 e. The van der Waals surface area contributed by atoms with Gasteiger partial charge in [0.1, 0.15) is 10.9 Å². The number of aromatic nitrogens is 1. The topological polar surface area (TPSA) is 22.1 Å². The molecule has 0 fully saturated rings. The van der Waals surface area contributed by atoms with Crippen LogP contribution >= 0.6 is 46.4 Å². The number of nitrogens with zero attached hydrogens (tertiary/aromatic N) is 1. The van der Waals surface area contributed by atoms with Crippen molar-refractivity contribution in [1.82, 2.24) is 4.98 Å². The molecular formula is C12H7Cl4NO. The number of ether oxygens (including phenoxy) is 1. The van der Waals surface area contributed by atoms with Crippen molar-refractivity contribution >= 4 is 46.4 Å². The normalized spacial score (nSPS) is 10.5. The number of halogens is 4. The molecule has 2 aromatic rings. The zero-order chi connectivity index (χ0) is 13.3. The van der Waals surface area contributed by atoms with E-state index in [1.807, 2.05) is 0 Å². The Bertz CT molecular complexity index is 601. The Morgan fingerprint density at radius 1 is 0.889 bits per heavy atom. The summed E-state index contributed by atoms with van der Waals surface area (Å²) in [5, 5.41) is 1.55. The Hall–Kier alpha value is -0.670. The fourth-order valence-electron chi connectivity index (χ4n) is 1.46. The summed E-state index contributed by atoms with van der Waals surface area (Å²) in [4.78, 5) is 4.03. The van der Waals surface area contributed by atoms with Gasteiger partial charge < -0.3 is 4.74 Å². The van der Waals surface area contributed by atoms with Gasteiger partial charge in [-0.1, -0.05) is 46.4 Å². The molecule has 0 aliphatic heterocycles. The van der Waals surface area contributed by atoms with Crippen molar-refractivity contribution in [2.75, 3.05) is 7.11 Å². The van der Waals surface area contributed by atoms with E-state index in [1.54, 1.807) is 25.3 Å². The van der Waals surface area contributed by atoms with Crippen molar-refractivity contribution in [3.05, 3.63) is 44.6 Å². The van der Waals surface area contributed by atoms with Crippen molar-refractivity contribution < 1.29 is 4.74 Å². The molecule has 0 aliphatic rings. The molecule has 0 bridgehead atoms. The van der Waals surface area contributed by atoms with E-state index in [0.29, 0.717) is 37.1 Å². The number of methoxy groups -OCH3 is 1. The molecule has 0 amide bonds. The van der Waals surface area contributed by atoms with Crippen LogP contribution in [0.2, 0.25) is 20.2 Å². The molecule has 2 rings (SSSR count). The van der Waals surface area contributed by atoms with Gasteiger partial charge in [-0.25, -0.2) is 4.98 Å². The van der Waals surface area contributed by atoms with Crippen LogP contribution in [0.15, 0.2) is 24.4 Å². The number of hydrogen-bond acceptors (Lipinski definition) is 2. The van der Waals surface area contributed by atoms with Crippen LogP contribution in [0.4, 0.5) is 0 Å². The molecule has 0 radical (unpaired) electrons. The van der Waals surface area contributed by atoms with Crippen molar-refractivity contribution in [3.8, 4) is 16.9 Å². The van der Waals surface area contributed by atoms with Gasteiger partial charge in [0.25, 0.3) is 0 Å². The quantitative estimate of drug-likeness (QED) is 0.547. The third kappa shape index (κ3) is 2.67. The lowest BCUT2D eigenvalue weighted by atomic mass is 10.1. The van der Waals surface area contributed by atoms with Crippen LogP contribution in [0.25, 0.3) is 11.1 Å². The zero-order valence-electron chi connectivity index (χ0n) is 9.18. The number of rotatable bonds is 2. The fraction of sp³-hybridized carbons (Fsp3) is 0.0833. The highest BCUT2D eigenvalue weighted by atomic mass is 35.5. The first-order valence-corrected chi connectivity index (χ1v) is 6.38. The number of pyridine rings is 1. The van der Waals surface area contributed by atoms with Gasteiger partial charge in [0, 0.05) is 11.1 Å². The minimum Gasteiger partial charge on any atom is -0.495 e. The van der Waals surface area contributed by atoms with Crippen molar-refractivity contribution in [2.45, 2.75) is 0 Å². The van der Waals surface area contributed by atoms with Crippen LogP contribution in [0.3, 0.4) is 0 Å². The van der Waals surface area contributed by atoms with Crippen molar-refractivity contribution in [3.63, 3.8) is 0 Å². The third-order valence-electron chi connectivity index (χ3n) is 2.35. The largest absolute Gasteiger partial charge is 0.495 e. The summed E-state index contributed by atoms with van der Waals surface area (Å²) in [6.07, 6.45) is 1.53. The highest BCUT2D eigenvalue weighted by Crippen LogP contribution is 2.38. The predicted molar refractivity (Wildman–Crippen MR) is 76.3 cm³/mol. The highest BCUT2D eigenvalue weighted by molar-refractivity contribution is 6.44. The van der Waals surface area contributed by atoms with Crippen LogP contribution in [-0.4, -0.2) is 12.1 Å². The minimum atomic E-state index is 0.316. The summed E-state index contributed by atoms with van der Waals surface area (Å²) >= 11 is 24.0. The molecule has 0 atom stereocenters. The average Bonchev–Trinajstić information content (AvgIpc) is 2.35. The predicted octanol–water partition coefficient (Wildman–Crippen LogP) is 5.37. The molecule has 18 heavy (non-hydrogen) atoms. The van der Waals surface area contributed by atoms with Gasteiger partial charge in [-0.05, 0) is 18.2 Å². The molecule has 0 spiro atoms. The molecule has 1 heterocycles. The lowest BCUT2D eigenvalue weighted by Crippen LogP contribution is -1.89. The second-order valence-electron chi connectivity index (χ2n) is 3.46. The van der Waals surface area contributed by atoms with Gasteiger partial charge in [0.05, 0.1) is 28.4 Å². The molecule has 6 heteroatoms. The van der Waals surface area contributed by atoms with E-state index in [1.165, 1.54) is 6.20 Å². The molecule has 94 valence electrons. The average molecular weight is 323 g/mol. The van der Waals surface area contributed by atoms with E-state index in [2.05, 4.69) is 4.98 Å². The first-order chi connectivity index (χ1) is 8.52. The molecule has 0 N–H and O–H groups in total. The molecule has 0 saturated carbocycles. The first kappa shape index (κ1) is 13.8. The standard InChI is InChI=1S/C12H7Cl4NO/c1-18-6-2-8(12(16)17-5-6)7-3-10(14)11(15)4-9(7)13/h2-5H,1H3. The minimum absolute atomic E-state index is 0.316. The maximum Gasteiger partial charge on any atom is 0.137 e. The fourth-order valence-corrected chi connectivity index (χ4v) is 2.31. The Balaban J connectivity index is 2.64. The van der Waals surface area contributed by atoms with Crippen LogP contribution in [0.1, 0.15) is 0 Å². The van der Waals surface area contributed by atoms with Gasteiger partial charge >= 0.3 is 0 Å². The van der Waals surface area contributed by atoms with Crippen LogP contribution < -0.4 is 4.74 Å². The monoisotopic (exact) mass is 321 g/mol. The zero-order valence-corrected chi connectivity index (χ0v) is 12.2. The van der Waals surface area contributed by atoms with Crippen LogP contribution in [0, 0.1) is 0 Å². The lowest BCUT2D eigenvalue weighted by Gasteiger charge is -2.09. The van der Waals surface area contributed by atoms with E-state index in [-0.39, 0.29) is 0 Å². The molecule has 2 nitrogen and oxygen atoms in total. The number of hydrogen-bond donors (Lipinski definition) is 0. The highest BCUT2D eigenvalue weighted by Gasteiger charge is 2.13. The summed E-state index contributed by atoms with van der Waals surface area (Å²) < 4.78 is 5.10. The van der Waals surface area contributed by atoms with E-state index < -0.39 is 0 Å². The Morgan fingerprint density at radius 2 is 1.56 bits per heavy atom. The Kier molecular flexibility index (Phi) is 4.23. The maximum absolute atomic E-state index is 6.13. The van der Waals surface area contributed by atoms with Gasteiger partial charge in [0.2, 0.25) is 0 Å². The van der Waals surface area contributed by atoms with Gasteiger partial charge in [-0.15, -0.1) is 0 Å². The second-order valence-corrected chi connectivity index (χ2v) is 5.04. The number of benzene rings is 1. The molecule has 1 aromatic heterocycles. The molecule has 1 aromatic carbocycles. The molecule has 0 saturated heterocycles. The van der Waals surface area contributed by atoms with E-state index >= 15 is 0 Å². The second kappa shape index (κ2) is 5.54. The molecular weight excluding hydrogens is 316 g/mol. The summed E-state index contributed by atoms with van der Waals surface area (Å²) in [6.45, 7) is 0. The molecule has 0 aliphatic carbocycles. The van der Waals surface area contributed by atoms with Gasteiger partial charge in [-0.2, -0.15) is 0 Å². The third-order valence-corrected chi connectivity index (χ3v) is 3.69. The summed E-state index contributed by atoms with van der Waals surface area (Å²) in [7, 11) is 1.55. The lowest BCUT2D eigenvalue weighted by molar-refractivity contribution is 0.413. The van der Waals surface area contributed by atoms with Crippen molar-refractivity contribution in [2.24, 2.45) is 0 Å². The van der Waals surface area contributed by atoms with Crippen LogP contribution in [0.5, 0.6) is 5.75 Å².